The van der Waals surface area contributed by atoms with Crippen LogP contribution in [-0.4, -0.2) is 22.9 Å². The summed E-state index contributed by atoms with van der Waals surface area (Å²) in [6.07, 6.45) is 1.37. The number of rotatable bonds is 5. The molecule has 0 saturated heterocycles. The number of aromatic nitrogens is 2. The molecule has 0 fully saturated rings. The molecule has 0 saturated carbocycles. The highest BCUT2D eigenvalue weighted by Crippen LogP contribution is 2.09. The number of hydrogen-bond acceptors (Lipinski definition) is 4. The molecule has 0 unspecified atom stereocenters. The molecule has 0 aliphatic carbocycles. The fourth-order valence-electron chi connectivity index (χ4n) is 1.60. The van der Waals surface area contributed by atoms with E-state index in [4.69, 9.17) is 10.5 Å². The van der Waals surface area contributed by atoms with Gasteiger partial charge in [-0.25, -0.2) is 13.5 Å². The molecule has 0 atom stereocenters. The summed E-state index contributed by atoms with van der Waals surface area (Å²) in [5.74, 6) is -1.57. The second kappa shape index (κ2) is 6.25. The first-order valence-electron chi connectivity index (χ1n) is 5.94. The van der Waals surface area contributed by atoms with E-state index in [1.54, 1.807) is 0 Å². The van der Waals surface area contributed by atoms with Gasteiger partial charge in [0.1, 0.15) is 12.4 Å². The van der Waals surface area contributed by atoms with Crippen molar-refractivity contribution in [2.45, 2.75) is 6.54 Å². The lowest BCUT2D eigenvalue weighted by Crippen LogP contribution is -2.23. The molecule has 0 spiro atoms. The van der Waals surface area contributed by atoms with E-state index in [0.717, 1.165) is 16.8 Å². The van der Waals surface area contributed by atoms with Crippen molar-refractivity contribution in [3.05, 3.63) is 58.0 Å². The standard InChI is InChI=1S/C13H13F2N3O2/c14-11-2-1-9(5-12(11)15)8-18-13(19)6-10(7-17-18)20-4-3-16/h1-2,5-7H,3-4,8,16H2. The molecule has 0 aliphatic rings. The highest BCUT2D eigenvalue weighted by atomic mass is 19.2. The normalized spacial score (nSPS) is 10.6. The minimum Gasteiger partial charge on any atom is -0.490 e. The van der Waals surface area contributed by atoms with Crippen LogP contribution in [0.3, 0.4) is 0 Å². The number of ether oxygens (including phenoxy) is 1. The van der Waals surface area contributed by atoms with Crippen LogP contribution < -0.4 is 16.0 Å². The Hall–Kier alpha value is -2.28. The lowest BCUT2D eigenvalue weighted by atomic mass is 10.2. The second-order valence-corrected chi connectivity index (χ2v) is 4.07. The van der Waals surface area contributed by atoms with Gasteiger partial charge in [0.05, 0.1) is 12.7 Å². The maximum Gasteiger partial charge on any atom is 0.270 e. The lowest BCUT2D eigenvalue weighted by Gasteiger charge is -2.07. The highest BCUT2D eigenvalue weighted by Gasteiger charge is 2.06. The molecule has 1 aromatic carbocycles. The molecule has 106 valence electrons. The summed E-state index contributed by atoms with van der Waals surface area (Å²) >= 11 is 0. The van der Waals surface area contributed by atoms with Crippen LogP contribution in [0.5, 0.6) is 5.75 Å². The molecule has 2 aromatic rings. The largest absolute Gasteiger partial charge is 0.490 e. The lowest BCUT2D eigenvalue weighted by molar-refractivity contribution is 0.324. The van der Waals surface area contributed by atoms with Crippen molar-refractivity contribution in [2.75, 3.05) is 13.2 Å². The maximum atomic E-state index is 13.1. The SMILES string of the molecule is NCCOc1cnn(Cc2ccc(F)c(F)c2)c(=O)c1. The molecule has 2 rings (SSSR count). The van der Waals surface area contributed by atoms with Crippen LogP contribution in [0.4, 0.5) is 8.78 Å². The van der Waals surface area contributed by atoms with Gasteiger partial charge >= 0.3 is 0 Å². The Labute approximate surface area is 113 Å². The van der Waals surface area contributed by atoms with E-state index in [9.17, 15) is 13.6 Å². The molecular formula is C13H13F2N3O2. The number of hydrogen-bond donors (Lipinski definition) is 1. The summed E-state index contributed by atoms with van der Waals surface area (Å²) in [5.41, 5.74) is 5.32. The molecule has 0 aliphatic heterocycles. The zero-order chi connectivity index (χ0) is 14.5. The Kier molecular flexibility index (Phi) is 4.41. The molecule has 7 heteroatoms. The van der Waals surface area contributed by atoms with E-state index < -0.39 is 17.2 Å². The first-order valence-corrected chi connectivity index (χ1v) is 5.94. The van der Waals surface area contributed by atoms with Gasteiger partial charge in [0.15, 0.2) is 11.6 Å². The molecule has 0 radical (unpaired) electrons. The van der Waals surface area contributed by atoms with Gasteiger partial charge < -0.3 is 10.5 Å². The molecule has 1 aromatic heterocycles. The van der Waals surface area contributed by atoms with E-state index in [2.05, 4.69) is 5.10 Å². The summed E-state index contributed by atoms with van der Waals surface area (Å²) in [7, 11) is 0. The Morgan fingerprint density at radius 3 is 2.70 bits per heavy atom. The summed E-state index contributed by atoms with van der Waals surface area (Å²) in [5, 5.41) is 3.90. The van der Waals surface area contributed by atoms with Crippen LogP contribution in [0.25, 0.3) is 0 Å². The summed E-state index contributed by atoms with van der Waals surface area (Å²) in [6, 6.07) is 4.70. The molecular weight excluding hydrogens is 268 g/mol. The minimum absolute atomic E-state index is 0.0488. The van der Waals surface area contributed by atoms with Gasteiger partial charge in [-0.15, -0.1) is 0 Å². The van der Waals surface area contributed by atoms with E-state index >= 15 is 0 Å². The van der Waals surface area contributed by atoms with E-state index in [0.29, 0.717) is 17.9 Å². The fraction of sp³-hybridized carbons (Fsp3) is 0.231. The Bertz CT molecular complexity index is 658. The van der Waals surface area contributed by atoms with Gasteiger partial charge in [0.25, 0.3) is 5.56 Å². The number of halogens is 2. The predicted molar refractivity (Wildman–Crippen MR) is 68.5 cm³/mol. The first kappa shape index (κ1) is 14.1. The Morgan fingerprint density at radius 1 is 1.25 bits per heavy atom. The van der Waals surface area contributed by atoms with Crippen LogP contribution >= 0.6 is 0 Å². The van der Waals surface area contributed by atoms with Gasteiger partial charge in [0.2, 0.25) is 0 Å². The third-order valence-corrected chi connectivity index (χ3v) is 2.55. The number of nitrogens with two attached hydrogens (primary N) is 1. The molecule has 0 amide bonds. The third kappa shape index (κ3) is 3.39. The molecule has 0 bridgehead atoms. The molecule has 20 heavy (non-hydrogen) atoms. The number of benzene rings is 1. The summed E-state index contributed by atoms with van der Waals surface area (Å²) in [4.78, 5) is 11.8. The van der Waals surface area contributed by atoms with E-state index in [-0.39, 0.29) is 13.2 Å². The van der Waals surface area contributed by atoms with Crippen LogP contribution in [0.1, 0.15) is 5.56 Å². The van der Waals surface area contributed by atoms with Crippen LogP contribution in [0.15, 0.2) is 35.3 Å². The van der Waals surface area contributed by atoms with Gasteiger partial charge in [-0.2, -0.15) is 5.10 Å². The van der Waals surface area contributed by atoms with Crippen molar-refractivity contribution in [3.8, 4) is 5.75 Å². The molecule has 1 heterocycles. The smallest absolute Gasteiger partial charge is 0.270 e. The van der Waals surface area contributed by atoms with Gasteiger partial charge in [-0.05, 0) is 17.7 Å². The van der Waals surface area contributed by atoms with Crippen molar-refractivity contribution in [2.24, 2.45) is 5.73 Å². The zero-order valence-electron chi connectivity index (χ0n) is 10.6. The quantitative estimate of drug-likeness (QED) is 0.884. The van der Waals surface area contributed by atoms with Gasteiger partial charge in [0, 0.05) is 12.6 Å². The molecule has 5 nitrogen and oxygen atoms in total. The third-order valence-electron chi connectivity index (χ3n) is 2.55. The van der Waals surface area contributed by atoms with E-state index in [1.165, 1.54) is 18.3 Å². The minimum atomic E-state index is -0.960. The van der Waals surface area contributed by atoms with E-state index in [1.807, 2.05) is 0 Å². The van der Waals surface area contributed by atoms with Crippen LogP contribution in [-0.2, 0) is 6.54 Å². The maximum absolute atomic E-state index is 13.1. The van der Waals surface area contributed by atoms with Crippen molar-refractivity contribution in [1.82, 2.24) is 9.78 Å². The van der Waals surface area contributed by atoms with Crippen molar-refractivity contribution >= 4 is 0 Å². The summed E-state index contributed by atoms with van der Waals surface area (Å²) in [6.45, 7) is 0.666. The summed E-state index contributed by atoms with van der Waals surface area (Å²) < 4.78 is 32.2. The zero-order valence-corrected chi connectivity index (χ0v) is 10.6. The van der Waals surface area contributed by atoms with Crippen molar-refractivity contribution < 1.29 is 13.5 Å². The topological polar surface area (TPSA) is 70.1 Å². The highest BCUT2D eigenvalue weighted by molar-refractivity contribution is 5.19. The predicted octanol–water partition coefficient (Wildman–Crippen LogP) is 0.907. The number of nitrogens with zero attached hydrogens (tertiary/aromatic N) is 2. The van der Waals surface area contributed by atoms with Crippen molar-refractivity contribution in [1.29, 1.82) is 0 Å². The van der Waals surface area contributed by atoms with Gasteiger partial charge in [-0.1, -0.05) is 6.07 Å². The first-order chi connectivity index (χ1) is 9.60. The average molecular weight is 281 g/mol. The average Bonchev–Trinajstić information content (AvgIpc) is 2.43. The second-order valence-electron chi connectivity index (χ2n) is 4.07. The Balaban J connectivity index is 2.17. The fourth-order valence-corrected chi connectivity index (χ4v) is 1.60. The molecule has 2 N–H and O–H groups in total. The van der Waals surface area contributed by atoms with Crippen LogP contribution in [0, 0.1) is 11.6 Å². The van der Waals surface area contributed by atoms with Gasteiger partial charge in [-0.3, -0.25) is 4.79 Å². The monoisotopic (exact) mass is 281 g/mol. The Morgan fingerprint density at radius 2 is 2.05 bits per heavy atom. The van der Waals surface area contributed by atoms with Crippen LogP contribution in [0.2, 0.25) is 0 Å². The van der Waals surface area contributed by atoms with Crippen molar-refractivity contribution in [3.63, 3.8) is 0 Å².